The van der Waals surface area contributed by atoms with Gasteiger partial charge in [-0.25, -0.2) is 0 Å². The van der Waals surface area contributed by atoms with Crippen LogP contribution in [0, 0.1) is 0 Å². The number of ether oxygens (including phenoxy) is 2. The monoisotopic (exact) mass is 262 g/mol. The molecule has 1 N–H and O–H groups in total. The Morgan fingerprint density at radius 3 is 2.58 bits per heavy atom. The van der Waals surface area contributed by atoms with Crippen LogP contribution >= 0.6 is 0 Å². The van der Waals surface area contributed by atoms with Crippen LogP contribution < -0.4 is 14.8 Å². The molecule has 0 unspecified atom stereocenters. The number of likely N-dealkylation sites (tertiary alicyclic amines) is 1. The molecule has 0 aromatic heterocycles. The highest BCUT2D eigenvalue weighted by atomic mass is 16.7. The molecule has 2 heterocycles. The van der Waals surface area contributed by atoms with Crippen molar-refractivity contribution in [3.8, 4) is 11.5 Å². The lowest BCUT2D eigenvalue weighted by molar-refractivity contribution is -0.0431. The smallest absolute Gasteiger partial charge is 0.246 e. The Labute approximate surface area is 114 Å². The predicted molar refractivity (Wildman–Crippen MR) is 75.9 cm³/mol. The average molecular weight is 262 g/mol. The number of anilines is 1. The Balaban J connectivity index is 1.67. The second-order valence-corrected chi connectivity index (χ2v) is 5.99. The van der Waals surface area contributed by atoms with Crippen LogP contribution in [0.5, 0.6) is 11.5 Å². The number of nitrogens with zero attached hydrogens (tertiary/aromatic N) is 1. The summed E-state index contributed by atoms with van der Waals surface area (Å²) in [5.74, 6) is 1.12. The Bertz CT molecular complexity index is 465. The molecular formula is C15H22N2O2. The quantitative estimate of drug-likeness (QED) is 0.888. The molecule has 19 heavy (non-hydrogen) atoms. The van der Waals surface area contributed by atoms with Crippen molar-refractivity contribution in [2.24, 2.45) is 0 Å². The Hall–Kier alpha value is -1.42. The molecule has 1 aromatic carbocycles. The van der Waals surface area contributed by atoms with Crippen molar-refractivity contribution in [3.63, 3.8) is 0 Å². The van der Waals surface area contributed by atoms with Crippen molar-refractivity contribution >= 4 is 5.69 Å². The van der Waals surface area contributed by atoms with Crippen molar-refractivity contribution < 1.29 is 9.47 Å². The first-order chi connectivity index (χ1) is 9.02. The van der Waals surface area contributed by atoms with E-state index >= 15 is 0 Å². The van der Waals surface area contributed by atoms with Gasteiger partial charge in [-0.2, -0.15) is 0 Å². The first-order valence-electron chi connectivity index (χ1n) is 6.99. The Morgan fingerprint density at radius 2 is 1.84 bits per heavy atom. The van der Waals surface area contributed by atoms with Crippen LogP contribution in [-0.2, 0) is 0 Å². The molecule has 0 saturated carbocycles. The number of rotatable bonds is 2. The second-order valence-electron chi connectivity index (χ2n) is 5.99. The highest BCUT2D eigenvalue weighted by Gasteiger charge is 2.31. The lowest BCUT2D eigenvalue weighted by Gasteiger charge is -2.30. The predicted octanol–water partition coefficient (Wildman–Crippen LogP) is 2.70. The molecule has 0 atom stereocenters. The molecular weight excluding hydrogens is 240 g/mol. The highest BCUT2D eigenvalue weighted by molar-refractivity contribution is 5.56. The summed E-state index contributed by atoms with van der Waals surface area (Å²) in [6, 6.07) is 6.66. The molecule has 2 aliphatic rings. The number of fused-ring (bicyclic) bond motifs is 1. The van der Waals surface area contributed by atoms with Crippen LogP contribution in [0.15, 0.2) is 18.2 Å². The molecule has 0 radical (unpaired) electrons. The third-order valence-electron chi connectivity index (χ3n) is 3.74. The lowest BCUT2D eigenvalue weighted by Crippen LogP contribution is -2.36. The average Bonchev–Trinajstić information content (AvgIpc) is 2.65. The van der Waals surface area contributed by atoms with Gasteiger partial charge in [0.15, 0.2) is 11.5 Å². The molecule has 1 aromatic rings. The van der Waals surface area contributed by atoms with Gasteiger partial charge >= 0.3 is 0 Å². The summed E-state index contributed by atoms with van der Waals surface area (Å²) < 4.78 is 11.5. The van der Waals surface area contributed by atoms with Gasteiger partial charge in [0.1, 0.15) is 0 Å². The van der Waals surface area contributed by atoms with Crippen molar-refractivity contribution in [2.75, 3.05) is 25.5 Å². The van der Waals surface area contributed by atoms with Gasteiger partial charge in [-0.15, -0.1) is 0 Å². The number of hydrogen-bond acceptors (Lipinski definition) is 4. The summed E-state index contributed by atoms with van der Waals surface area (Å²) in [6.07, 6.45) is 2.38. The topological polar surface area (TPSA) is 33.7 Å². The minimum absolute atomic E-state index is 0.547. The first-order valence-corrected chi connectivity index (χ1v) is 6.99. The molecule has 4 nitrogen and oxygen atoms in total. The summed E-state index contributed by atoms with van der Waals surface area (Å²) >= 11 is 0. The molecule has 0 spiro atoms. The lowest BCUT2D eigenvalue weighted by atomic mass is 10.1. The number of nitrogens with one attached hydrogen (secondary N) is 1. The maximum Gasteiger partial charge on any atom is 0.246 e. The van der Waals surface area contributed by atoms with Crippen molar-refractivity contribution in [1.29, 1.82) is 0 Å². The van der Waals surface area contributed by atoms with Crippen LogP contribution in [0.4, 0.5) is 5.69 Å². The van der Waals surface area contributed by atoms with E-state index in [2.05, 4.69) is 23.3 Å². The number of piperidine rings is 1. The van der Waals surface area contributed by atoms with Gasteiger partial charge in [0, 0.05) is 31.6 Å². The standard InChI is InChI=1S/C15H22N2O2/c1-15(2)18-13-5-4-12(10-14(13)19-15)16-11-6-8-17(3)9-7-11/h4-5,10-11,16H,6-9H2,1-3H3. The van der Waals surface area contributed by atoms with Gasteiger partial charge < -0.3 is 19.7 Å². The van der Waals surface area contributed by atoms with Gasteiger partial charge in [0.25, 0.3) is 0 Å². The zero-order valence-corrected chi connectivity index (χ0v) is 11.9. The maximum atomic E-state index is 5.77. The molecule has 2 aliphatic heterocycles. The fourth-order valence-electron chi connectivity index (χ4n) is 2.70. The molecule has 0 aliphatic carbocycles. The fourth-order valence-corrected chi connectivity index (χ4v) is 2.70. The third-order valence-corrected chi connectivity index (χ3v) is 3.74. The number of benzene rings is 1. The fraction of sp³-hybridized carbons (Fsp3) is 0.600. The largest absolute Gasteiger partial charge is 0.449 e. The molecule has 0 bridgehead atoms. The van der Waals surface area contributed by atoms with E-state index < -0.39 is 5.79 Å². The molecule has 1 fully saturated rings. The SMILES string of the molecule is CN1CCC(Nc2ccc3c(c2)OC(C)(C)O3)CC1. The zero-order chi connectivity index (χ0) is 13.5. The van der Waals surface area contributed by atoms with Gasteiger partial charge in [0.2, 0.25) is 5.79 Å². The van der Waals surface area contributed by atoms with Crippen LogP contribution in [0.1, 0.15) is 26.7 Å². The van der Waals surface area contributed by atoms with Gasteiger partial charge in [-0.05, 0) is 45.1 Å². The van der Waals surface area contributed by atoms with Crippen LogP contribution in [0.3, 0.4) is 0 Å². The Kier molecular flexibility index (Phi) is 3.05. The van der Waals surface area contributed by atoms with Crippen molar-refractivity contribution in [3.05, 3.63) is 18.2 Å². The van der Waals surface area contributed by atoms with E-state index in [9.17, 15) is 0 Å². The minimum Gasteiger partial charge on any atom is -0.449 e. The summed E-state index contributed by atoms with van der Waals surface area (Å²) in [4.78, 5) is 2.38. The highest BCUT2D eigenvalue weighted by Crippen LogP contribution is 2.40. The summed E-state index contributed by atoms with van der Waals surface area (Å²) in [5, 5.41) is 3.60. The maximum absolute atomic E-state index is 5.77. The number of hydrogen-bond donors (Lipinski definition) is 1. The molecule has 3 rings (SSSR count). The molecule has 1 saturated heterocycles. The van der Waals surface area contributed by atoms with E-state index in [1.54, 1.807) is 0 Å². The zero-order valence-electron chi connectivity index (χ0n) is 11.9. The van der Waals surface area contributed by atoms with Crippen molar-refractivity contribution in [2.45, 2.75) is 38.5 Å². The van der Waals surface area contributed by atoms with Gasteiger partial charge in [-0.3, -0.25) is 0 Å². The van der Waals surface area contributed by atoms with Crippen molar-refractivity contribution in [1.82, 2.24) is 4.90 Å². The summed E-state index contributed by atoms with van der Waals surface area (Å²) in [6.45, 7) is 6.18. The summed E-state index contributed by atoms with van der Waals surface area (Å²) in [5.41, 5.74) is 1.12. The Morgan fingerprint density at radius 1 is 1.16 bits per heavy atom. The van der Waals surface area contributed by atoms with E-state index in [0.717, 1.165) is 30.3 Å². The van der Waals surface area contributed by atoms with E-state index in [1.165, 1.54) is 12.8 Å². The molecule has 4 heteroatoms. The van der Waals surface area contributed by atoms with Crippen LogP contribution in [0.25, 0.3) is 0 Å². The third kappa shape index (κ3) is 2.78. The van der Waals surface area contributed by atoms with Crippen LogP contribution in [0.2, 0.25) is 0 Å². The molecule has 0 amide bonds. The van der Waals surface area contributed by atoms with Crippen LogP contribution in [-0.4, -0.2) is 36.9 Å². The first kappa shape index (κ1) is 12.6. The second kappa shape index (κ2) is 4.60. The van der Waals surface area contributed by atoms with E-state index in [4.69, 9.17) is 9.47 Å². The minimum atomic E-state index is -0.547. The van der Waals surface area contributed by atoms with E-state index in [0.29, 0.717) is 6.04 Å². The normalized spacial score (nSPS) is 22.5. The van der Waals surface area contributed by atoms with E-state index in [-0.39, 0.29) is 0 Å². The van der Waals surface area contributed by atoms with E-state index in [1.807, 2.05) is 26.0 Å². The molecule has 104 valence electrons. The summed E-state index contributed by atoms with van der Waals surface area (Å²) in [7, 11) is 2.18. The van der Waals surface area contributed by atoms with Gasteiger partial charge in [-0.1, -0.05) is 0 Å². The van der Waals surface area contributed by atoms with Gasteiger partial charge in [0.05, 0.1) is 0 Å².